The van der Waals surface area contributed by atoms with Crippen molar-refractivity contribution in [3.63, 3.8) is 0 Å². The van der Waals surface area contributed by atoms with Gasteiger partial charge in [0.15, 0.2) is 11.2 Å². The lowest BCUT2D eigenvalue weighted by atomic mass is 10.1. The van der Waals surface area contributed by atoms with Crippen molar-refractivity contribution in [2.45, 2.75) is 20.4 Å². The smallest absolute Gasteiger partial charge is 0.338 e. The molecule has 29 heavy (non-hydrogen) atoms. The number of fused-ring (bicyclic) bond motifs is 3. The Morgan fingerprint density at radius 2 is 1.83 bits per heavy atom. The SMILES string of the molecule is CCOC(=O)c1ccc(N2C[C@@H](C)Cn3c2nc2c3c(=O)n(C)c(=O)n2C)cc1. The normalized spacial score (nSPS) is 16.1. The van der Waals surface area contributed by atoms with Gasteiger partial charge in [-0.05, 0) is 37.1 Å². The van der Waals surface area contributed by atoms with Crippen LogP contribution in [0.2, 0.25) is 0 Å². The third-order valence-electron chi connectivity index (χ3n) is 5.25. The molecule has 3 heterocycles. The van der Waals surface area contributed by atoms with Crippen molar-refractivity contribution in [1.29, 1.82) is 0 Å². The quantitative estimate of drug-likeness (QED) is 0.621. The van der Waals surface area contributed by atoms with Crippen LogP contribution in [0.15, 0.2) is 33.9 Å². The number of ether oxygens (including phenoxy) is 1. The van der Waals surface area contributed by atoms with Gasteiger partial charge in [0, 0.05) is 32.9 Å². The summed E-state index contributed by atoms with van der Waals surface area (Å²) in [5.41, 5.74) is 1.36. The van der Waals surface area contributed by atoms with Gasteiger partial charge >= 0.3 is 11.7 Å². The van der Waals surface area contributed by atoms with E-state index < -0.39 is 5.69 Å². The van der Waals surface area contributed by atoms with Crippen molar-refractivity contribution < 1.29 is 9.53 Å². The molecule has 9 heteroatoms. The van der Waals surface area contributed by atoms with Crippen molar-refractivity contribution in [1.82, 2.24) is 18.7 Å². The molecule has 0 radical (unpaired) electrons. The zero-order valence-electron chi connectivity index (χ0n) is 16.9. The summed E-state index contributed by atoms with van der Waals surface area (Å²) in [5, 5.41) is 0. The van der Waals surface area contributed by atoms with Crippen LogP contribution in [0.4, 0.5) is 11.6 Å². The number of rotatable bonds is 3. The number of imidazole rings is 1. The maximum Gasteiger partial charge on any atom is 0.338 e. The summed E-state index contributed by atoms with van der Waals surface area (Å²) in [6.07, 6.45) is 0. The summed E-state index contributed by atoms with van der Waals surface area (Å²) in [7, 11) is 3.09. The summed E-state index contributed by atoms with van der Waals surface area (Å²) < 4.78 is 9.42. The molecule has 4 rings (SSSR count). The van der Waals surface area contributed by atoms with Gasteiger partial charge < -0.3 is 14.2 Å². The Morgan fingerprint density at radius 3 is 2.48 bits per heavy atom. The Kier molecular flexibility index (Phi) is 4.52. The molecule has 9 nitrogen and oxygen atoms in total. The number of nitrogens with zero attached hydrogens (tertiary/aromatic N) is 5. The first-order valence-corrected chi connectivity index (χ1v) is 9.54. The molecular formula is C20H23N5O4. The molecule has 152 valence electrons. The van der Waals surface area contributed by atoms with E-state index in [1.165, 1.54) is 11.6 Å². The van der Waals surface area contributed by atoms with Crippen molar-refractivity contribution in [3.05, 3.63) is 50.7 Å². The Morgan fingerprint density at radius 1 is 1.14 bits per heavy atom. The summed E-state index contributed by atoms with van der Waals surface area (Å²) >= 11 is 0. The van der Waals surface area contributed by atoms with Crippen LogP contribution in [0.5, 0.6) is 0 Å². The van der Waals surface area contributed by atoms with E-state index in [9.17, 15) is 14.4 Å². The number of aromatic nitrogens is 4. The van der Waals surface area contributed by atoms with Crippen LogP contribution in [0.1, 0.15) is 24.2 Å². The summed E-state index contributed by atoms with van der Waals surface area (Å²) in [6.45, 7) is 5.53. The third-order valence-corrected chi connectivity index (χ3v) is 5.25. The number of carbonyl (C=O) groups excluding carboxylic acids is 1. The van der Waals surface area contributed by atoms with Crippen molar-refractivity contribution >= 4 is 28.8 Å². The highest BCUT2D eigenvalue weighted by molar-refractivity contribution is 5.90. The average molecular weight is 397 g/mol. The molecule has 0 aliphatic carbocycles. The maximum atomic E-state index is 12.8. The van der Waals surface area contributed by atoms with E-state index in [0.717, 1.165) is 10.3 Å². The second kappa shape index (κ2) is 6.91. The topological polar surface area (TPSA) is 91.4 Å². The molecule has 1 atom stereocenters. The number of esters is 1. The van der Waals surface area contributed by atoms with Gasteiger partial charge in [0.2, 0.25) is 5.95 Å². The average Bonchev–Trinajstić information content (AvgIpc) is 3.10. The molecule has 1 aromatic carbocycles. The molecule has 1 aliphatic heterocycles. The highest BCUT2D eigenvalue weighted by Crippen LogP contribution is 2.32. The number of hydrogen-bond donors (Lipinski definition) is 0. The number of anilines is 2. The Hall–Kier alpha value is -3.36. The highest BCUT2D eigenvalue weighted by Gasteiger charge is 2.29. The minimum absolute atomic E-state index is 0.256. The lowest BCUT2D eigenvalue weighted by Gasteiger charge is -2.33. The fraction of sp³-hybridized carbons (Fsp3) is 0.400. The van der Waals surface area contributed by atoms with E-state index in [0.29, 0.717) is 42.4 Å². The molecule has 2 aromatic heterocycles. The zero-order valence-corrected chi connectivity index (χ0v) is 16.9. The minimum atomic E-state index is -0.406. The summed E-state index contributed by atoms with van der Waals surface area (Å²) in [5.74, 6) is 0.503. The molecule has 0 fully saturated rings. The molecule has 0 spiro atoms. The van der Waals surface area contributed by atoms with E-state index >= 15 is 0 Å². The first-order chi connectivity index (χ1) is 13.8. The molecule has 0 saturated carbocycles. The van der Waals surface area contributed by atoms with Gasteiger partial charge in [0.25, 0.3) is 5.56 Å². The zero-order chi connectivity index (χ0) is 20.9. The number of benzene rings is 1. The van der Waals surface area contributed by atoms with Crippen molar-refractivity contribution in [2.75, 3.05) is 18.1 Å². The summed E-state index contributed by atoms with van der Waals surface area (Å²) in [6, 6.07) is 7.11. The minimum Gasteiger partial charge on any atom is -0.462 e. The van der Waals surface area contributed by atoms with Crippen LogP contribution in [-0.2, 0) is 25.4 Å². The monoisotopic (exact) mass is 397 g/mol. The van der Waals surface area contributed by atoms with Gasteiger partial charge in [-0.3, -0.25) is 13.9 Å². The highest BCUT2D eigenvalue weighted by atomic mass is 16.5. The van der Waals surface area contributed by atoms with Gasteiger partial charge in [0.05, 0.1) is 12.2 Å². The van der Waals surface area contributed by atoms with E-state index in [2.05, 4.69) is 11.9 Å². The molecule has 0 bridgehead atoms. The fourth-order valence-corrected chi connectivity index (χ4v) is 3.79. The molecule has 1 aliphatic rings. The van der Waals surface area contributed by atoms with Gasteiger partial charge in [-0.1, -0.05) is 6.92 Å². The Labute approximate surface area is 166 Å². The van der Waals surface area contributed by atoms with E-state index in [1.807, 2.05) is 21.6 Å². The number of hydrogen-bond acceptors (Lipinski definition) is 6. The van der Waals surface area contributed by atoms with Gasteiger partial charge in [-0.15, -0.1) is 0 Å². The predicted molar refractivity (Wildman–Crippen MR) is 109 cm³/mol. The van der Waals surface area contributed by atoms with Crippen LogP contribution in [0.3, 0.4) is 0 Å². The van der Waals surface area contributed by atoms with Crippen LogP contribution in [-0.4, -0.2) is 37.8 Å². The van der Waals surface area contributed by atoms with Crippen molar-refractivity contribution in [3.8, 4) is 0 Å². The van der Waals surface area contributed by atoms with E-state index in [-0.39, 0.29) is 17.4 Å². The number of aryl methyl sites for hydroxylation is 1. The standard InChI is InChI=1S/C20H23N5O4/c1-5-29-18(27)13-6-8-14(9-7-13)24-10-12(2)11-25-15-16(21-19(24)25)22(3)20(28)23(4)17(15)26/h6-9,12H,5,10-11H2,1-4H3/t12-/m1/s1. The second-order valence-electron chi connectivity index (χ2n) is 7.38. The first kappa shape index (κ1) is 19.0. The van der Waals surface area contributed by atoms with E-state index in [1.54, 1.807) is 26.1 Å². The Balaban J connectivity index is 1.86. The Bertz CT molecular complexity index is 1220. The molecule has 0 saturated heterocycles. The third kappa shape index (κ3) is 2.93. The van der Waals surface area contributed by atoms with Gasteiger partial charge in [-0.2, -0.15) is 4.98 Å². The van der Waals surface area contributed by atoms with Gasteiger partial charge in [-0.25, -0.2) is 9.59 Å². The molecule has 3 aromatic rings. The summed E-state index contributed by atoms with van der Waals surface area (Å²) in [4.78, 5) is 43.7. The molecule has 0 amide bonds. The second-order valence-corrected chi connectivity index (χ2v) is 7.38. The first-order valence-electron chi connectivity index (χ1n) is 9.54. The largest absolute Gasteiger partial charge is 0.462 e. The van der Waals surface area contributed by atoms with Crippen molar-refractivity contribution in [2.24, 2.45) is 20.0 Å². The molecule has 0 N–H and O–H groups in total. The van der Waals surface area contributed by atoms with Crippen LogP contribution >= 0.6 is 0 Å². The van der Waals surface area contributed by atoms with Crippen LogP contribution in [0, 0.1) is 5.92 Å². The van der Waals surface area contributed by atoms with Gasteiger partial charge in [0.1, 0.15) is 0 Å². The van der Waals surface area contributed by atoms with Crippen LogP contribution in [0.25, 0.3) is 11.2 Å². The van der Waals surface area contributed by atoms with E-state index in [4.69, 9.17) is 4.74 Å². The lowest BCUT2D eigenvalue weighted by molar-refractivity contribution is 0.0526. The maximum absolute atomic E-state index is 12.8. The number of carbonyl (C=O) groups is 1. The predicted octanol–water partition coefficient (Wildman–Crippen LogP) is 1.40. The fourth-order valence-electron chi connectivity index (χ4n) is 3.79. The molecule has 0 unspecified atom stereocenters. The lowest BCUT2D eigenvalue weighted by Crippen LogP contribution is -2.38. The molecular weight excluding hydrogens is 374 g/mol. The van der Waals surface area contributed by atoms with Crippen LogP contribution < -0.4 is 16.1 Å².